The molecule has 3 heteroatoms. The molecule has 0 atom stereocenters. The van der Waals surface area contributed by atoms with E-state index in [9.17, 15) is 0 Å². The fourth-order valence-corrected chi connectivity index (χ4v) is 4.41. The predicted molar refractivity (Wildman–Crippen MR) is 177 cm³/mol. The van der Waals surface area contributed by atoms with Gasteiger partial charge in [0.05, 0.1) is 0 Å². The summed E-state index contributed by atoms with van der Waals surface area (Å²) in [5.74, 6) is 5.12. The van der Waals surface area contributed by atoms with Gasteiger partial charge in [0.15, 0.2) is 0 Å². The predicted octanol–water partition coefficient (Wildman–Crippen LogP) is 11.7. The fourth-order valence-electron chi connectivity index (χ4n) is 4.41. The Labute approximate surface area is 255 Å². The minimum atomic E-state index is 0.828. The average molecular weight is 565 g/mol. The summed E-state index contributed by atoms with van der Waals surface area (Å²) in [5, 5.41) is 0. The first kappa shape index (κ1) is 29.2. The maximum atomic E-state index is 5.93. The van der Waals surface area contributed by atoms with Crippen LogP contribution in [-0.4, -0.2) is 0 Å². The van der Waals surface area contributed by atoms with Gasteiger partial charge in [-0.15, -0.1) is 0 Å². The largest absolute Gasteiger partial charge is 0.457 e. The van der Waals surface area contributed by atoms with Gasteiger partial charge in [0, 0.05) is 0 Å². The molecule has 0 aliphatic carbocycles. The van der Waals surface area contributed by atoms with Gasteiger partial charge in [-0.1, -0.05) is 83.9 Å². The summed E-state index contributed by atoms with van der Waals surface area (Å²) in [7, 11) is 0. The Morgan fingerprint density at radius 3 is 0.907 bits per heavy atom. The zero-order chi connectivity index (χ0) is 30.0. The lowest BCUT2D eigenvalue weighted by molar-refractivity contribution is 0.482. The summed E-state index contributed by atoms with van der Waals surface area (Å²) in [6.07, 6.45) is 0. The molecule has 0 aliphatic rings. The molecule has 0 aromatic heterocycles. The van der Waals surface area contributed by atoms with Crippen LogP contribution < -0.4 is 14.2 Å². The lowest BCUT2D eigenvalue weighted by Gasteiger charge is -2.09. The normalized spacial score (nSPS) is 10.3. The molecule has 0 fully saturated rings. The second kappa shape index (κ2) is 14.1. The van der Waals surface area contributed by atoms with Crippen molar-refractivity contribution in [1.82, 2.24) is 0 Å². The summed E-state index contributed by atoms with van der Waals surface area (Å²) >= 11 is 0. The van der Waals surface area contributed by atoms with Crippen LogP contribution in [0.4, 0.5) is 0 Å². The molecule has 0 heterocycles. The molecule has 0 spiro atoms. The highest BCUT2D eigenvalue weighted by atomic mass is 16.5. The van der Waals surface area contributed by atoms with Gasteiger partial charge < -0.3 is 14.2 Å². The Kier molecular flexibility index (Phi) is 9.56. The number of hydrogen-bond acceptors (Lipinski definition) is 3. The Hall–Kier alpha value is -5.28. The molecule has 0 amide bonds. The Morgan fingerprint density at radius 1 is 0.279 bits per heavy atom. The summed E-state index contributed by atoms with van der Waals surface area (Å²) < 4.78 is 17.5. The van der Waals surface area contributed by atoms with Crippen LogP contribution in [-0.2, 0) is 0 Å². The monoisotopic (exact) mass is 564 g/mol. The summed E-state index contributed by atoms with van der Waals surface area (Å²) in [4.78, 5) is 0. The minimum Gasteiger partial charge on any atom is -0.457 e. The van der Waals surface area contributed by atoms with Gasteiger partial charge in [0.1, 0.15) is 34.5 Å². The lowest BCUT2D eigenvalue weighted by Crippen LogP contribution is -1.86. The van der Waals surface area contributed by atoms with Crippen LogP contribution in [0.5, 0.6) is 34.5 Å². The first-order valence-corrected chi connectivity index (χ1v) is 14.4. The molecular formula is C40H36O3. The number of rotatable bonds is 7. The number of ether oxygens (including phenoxy) is 3. The van der Waals surface area contributed by atoms with Crippen LogP contribution in [0.25, 0.3) is 11.1 Å². The third-order valence-electron chi connectivity index (χ3n) is 6.77. The molecule has 3 nitrogen and oxygen atoms in total. The average Bonchev–Trinajstić information content (AvgIpc) is 3.01. The van der Waals surface area contributed by atoms with E-state index in [0.717, 1.165) is 45.6 Å². The van der Waals surface area contributed by atoms with Crippen LogP contribution in [0.2, 0.25) is 0 Å². The Bertz CT molecular complexity index is 1600. The van der Waals surface area contributed by atoms with Gasteiger partial charge in [0.2, 0.25) is 0 Å². The fraction of sp³-hybridized carbons (Fsp3) is 0.100. The highest BCUT2D eigenvalue weighted by Gasteiger charge is 2.03. The van der Waals surface area contributed by atoms with Crippen molar-refractivity contribution in [3.05, 3.63) is 168 Å². The van der Waals surface area contributed by atoms with Gasteiger partial charge >= 0.3 is 0 Å². The zero-order valence-electron chi connectivity index (χ0n) is 25.1. The van der Waals surface area contributed by atoms with Gasteiger partial charge in [-0.3, -0.25) is 0 Å². The van der Waals surface area contributed by atoms with Gasteiger partial charge in [-0.25, -0.2) is 0 Å². The van der Waals surface area contributed by atoms with E-state index in [1.54, 1.807) is 0 Å². The molecule has 0 unspecified atom stereocenters. The first-order valence-electron chi connectivity index (χ1n) is 14.4. The van der Waals surface area contributed by atoms with E-state index in [1.165, 1.54) is 22.3 Å². The van der Waals surface area contributed by atoms with Crippen molar-refractivity contribution in [2.45, 2.75) is 27.7 Å². The molecule has 0 bridgehead atoms. The van der Waals surface area contributed by atoms with Crippen molar-refractivity contribution in [2.75, 3.05) is 0 Å². The molecule has 0 N–H and O–H groups in total. The van der Waals surface area contributed by atoms with E-state index >= 15 is 0 Å². The van der Waals surface area contributed by atoms with Crippen molar-refractivity contribution in [3.63, 3.8) is 0 Å². The molecule has 0 saturated carbocycles. The van der Waals surface area contributed by atoms with Crippen molar-refractivity contribution < 1.29 is 14.2 Å². The zero-order valence-corrected chi connectivity index (χ0v) is 25.1. The van der Waals surface area contributed by atoms with Crippen LogP contribution in [0.15, 0.2) is 146 Å². The standard InChI is InChI=1S/C26H22O2.C14H14O/c1-19-5-3-7-25(17-19)27-23-13-9-21(10-14-23)22-11-15-24(16-12-22)28-26-8-4-6-20(2)18-26;1-11-3-7-13(8-4-11)15-14-9-5-12(2)6-10-14/h3-18H,1-2H3;3-10H,1-2H3. The van der Waals surface area contributed by atoms with Crippen molar-refractivity contribution in [1.29, 1.82) is 0 Å². The lowest BCUT2D eigenvalue weighted by atomic mass is 10.1. The summed E-state index contributed by atoms with van der Waals surface area (Å²) in [6.45, 7) is 8.25. The van der Waals surface area contributed by atoms with E-state index in [2.05, 4.69) is 64.1 Å². The maximum Gasteiger partial charge on any atom is 0.127 e. The van der Waals surface area contributed by atoms with Crippen molar-refractivity contribution in [2.24, 2.45) is 0 Å². The molecule has 43 heavy (non-hydrogen) atoms. The number of hydrogen-bond donors (Lipinski definition) is 0. The van der Waals surface area contributed by atoms with E-state index in [0.29, 0.717) is 0 Å². The van der Waals surface area contributed by atoms with Gasteiger partial charge in [-0.05, 0) is 123 Å². The van der Waals surface area contributed by atoms with Gasteiger partial charge in [-0.2, -0.15) is 0 Å². The minimum absolute atomic E-state index is 0.828. The van der Waals surface area contributed by atoms with E-state index < -0.39 is 0 Å². The van der Waals surface area contributed by atoms with Gasteiger partial charge in [0.25, 0.3) is 0 Å². The van der Waals surface area contributed by atoms with Crippen molar-refractivity contribution in [3.8, 4) is 45.6 Å². The Morgan fingerprint density at radius 2 is 0.581 bits per heavy atom. The van der Waals surface area contributed by atoms with Crippen LogP contribution in [0.1, 0.15) is 22.3 Å². The van der Waals surface area contributed by atoms with Crippen LogP contribution in [0.3, 0.4) is 0 Å². The second-order valence-electron chi connectivity index (χ2n) is 10.6. The topological polar surface area (TPSA) is 27.7 Å². The Balaban J connectivity index is 0.000000207. The SMILES string of the molecule is Cc1ccc(Oc2ccc(C)cc2)cc1.Cc1cccc(Oc2ccc(-c3ccc(Oc4cccc(C)c4)cc3)cc2)c1. The van der Waals surface area contributed by atoms with Crippen LogP contribution >= 0.6 is 0 Å². The summed E-state index contributed by atoms with van der Waals surface area (Å²) in [6, 6.07) is 48.5. The first-order chi connectivity index (χ1) is 20.9. The molecule has 6 aromatic rings. The van der Waals surface area contributed by atoms with E-state index in [1.807, 2.05) is 109 Å². The number of aryl methyl sites for hydroxylation is 4. The third-order valence-corrected chi connectivity index (χ3v) is 6.77. The third kappa shape index (κ3) is 8.85. The number of benzene rings is 6. The maximum absolute atomic E-state index is 5.93. The smallest absolute Gasteiger partial charge is 0.127 e. The molecule has 6 aromatic carbocycles. The van der Waals surface area contributed by atoms with Crippen molar-refractivity contribution >= 4 is 0 Å². The molecule has 0 radical (unpaired) electrons. The highest BCUT2D eigenvalue weighted by molar-refractivity contribution is 5.65. The molecule has 0 saturated heterocycles. The molecule has 214 valence electrons. The highest BCUT2D eigenvalue weighted by Crippen LogP contribution is 2.29. The van der Waals surface area contributed by atoms with Crippen LogP contribution in [0, 0.1) is 27.7 Å². The molecule has 6 rings (SSSR count). The van der Waals surface area contributed by atoms with E-state index in [-0.39, 0.29) is 0 Å². The molecular weight excluding hydrogens is 528 g/mol. The molecule has 0 aliphatic heterocycles. The summed E-state index contributed by atoms with van der Waals surface area (Å²) in [5.41, 5.74) is 7.12. The quantitative estimate of drug-likeness (QED) is 0.193. The second-order valence-corrected chi connectivity index (χ2v) is 10.6. The van der Waals surface area contributed by atoms with E-state index in [4.69, 9.17) is 14.2 Å².